The molecule has 0 atom stereocenters. The molecule has 0 fully saturated rings. The molecule has 0 amide bonds. The first-order chi connectivity index (χ1) is 10.3. The van der Waals surface area contributed by atoms with Crippen LogP contribution in [0.2, 0.25) is 0 Å². The van der Waals surface area contributed by atoms with Crippen LogP contribution in [0.25, 0.3) is 10.4 Å². The molecule has 0 radical (unpaired) electrons. The number of thioether (sulfide) groups is 1. The highest BCUT2D eigenvalue weighted by Gasteiger charge is 2.04. The lowest BCUT2D eigenvalue weighted by molar-refractivity contribution is 1.41. The molecule has 21 heavy (non-hydrogen) atoms. The van der Waals surface area contributed by atoms with Gasteiger partial charge >= 0.3 is 0 Å². The summed E-state index contributed by atoms with van der Waals surface area (Å²) in [5, 5.41) is 0. The predicted octanol–water partition coefficient (Wildman–Crippen LogP) is 5.07. The number of hydrogen-bond donors (Lipinski definition) is 0. The topological polar surface area (TPSA) is 17.1 Å². The van der Waals surface area contributed by atoms with E-state index < -0.39 is 0 Å². The molecule has 0 aliphatic rings. The third-order valence-electron chi connectivity index (χ3n) is 3.03. The van der Waals surface area contributed by atoms with E-state index in [1.165, 1.54) is 5.56 Å². The Bertz CT molecular complexity index is 764. The van der Waals surface area contributed by atoms with Crippen molar-refractivity contribution in [2.75, 3.05) is 0 Å². The number of hydrogen-bond acceptors (Lipinski definition) is 3. The van der Waals surface area contributed by atoms with Gasteiger partial charge in [-0.05, 0) is 11.1 Å². The Balaban J connectivity index is 1.83. The fourth-order valence-electron chi connectivity index (χ4n) is 2.00. The monoisotopic (exact) mass is 310 g/mol. The van der Waals surface area contributed by atoms with Crippen molar-refractivity contribution in [3.63, 3.8) is 0 Å². The predicted molar refractivity (Wildman–Crippen MR) is 92.0 cm³/mol. The molecule has 0 unspecified atom stereocenters. The fraction of sp³-hybridized carbons (Fsp3) is 0.0556. The van der Waals surface area contributed by atoms with Crippen LogP contribution < -0.4 is 5.43 Å². The molecule has 104 valence electrons. The largest absolute Gasteiger partial charge is 0.290 e. The van der Waals surface area contributed by atoms with Crippen molar-refractivity contribution >= 4 is 23.1 Å². The second-order valence-corrected chi connectivity index (χ2v) is 6.98. The van der Waals surface area contributed by atoms with Crippen molar-refractivity contribution in [1.82, 2.24) is 0 Å². The first-order valence-electron chi connectivity index (χ1n) is 6.68. The summed E-state index contributed by atoms with van der Waals surface area (Å²) in [5.41, 5.74) is 2.44. The van der Waals surface area contributed by atoms with Gasteiger partial charge in [0.1, 0.15) is 0 Å². The summed E-state index contributed by atoms with van der Waals surface area (Å²) in [6, 6.07) is 23.8. The van der Waals surface area contributed by atoms with Crippen LogP contribution in [0.15, 0.2) is 81.8 Å². The van der Waals surface area contributed by atoms with Crippen LogP contribution in [0.4, 0.5) is 0 Å². The lowest BCUT2D eigenvalue weighted by atomic mass is 10.2. The van der Waals surface area contributed by atoms with Crippen molar-refractivity contribution in [3.8, 4) is 10.4 Å². The van der Waals surface area contributed by atoms with E-state index in [9.17, 15) is 4.79 Å². The van der Waals surface area contributed by atoms with Crippen molar-refractivity contribution in [1.29, 1.82) is 0 Å². The van der Waals surface area contributed by atoms with Crippen LogP contribution >= 0.6 is 23.1 Å². The highest BCUT2D eigenvalue weighted by Crippen LogP contribution is 2.31. The van der Waals surface area contributed by atoms with Crippen LogP contribution in [0.3, 0.4) is 0 Å². The molecular weight excluding hydrogens is 296 g/mol. The minimum atomic E-state index is 0.0724. The minimum Gasteiger partial charge on any atom is -0.290 e. The Morgan fingerprint density at radius 3 is 2.24 bits per heavy atom. The van der Waals surface area contributed by atoms with Gasteiger partial charge in [-0.2, -0.15) is 0 Å². The van der Waals surface area contributed by atoms with E-state index in [1.807, 2.05) is 48.5 Å². The molecule has 2 aromatic carbocycles. The Hall–Kier alpha value is -1.84. The average Bonchev–Trinajstić information content (AvgIpc) is 2.54. The SMILES string of the molecule is O=c1cc(SCc2ccccc2)sc(-c2ccccc2)c1. The molecule has 3 aromatic rings. The van der Waals surface area contributed by atoms with Crippen molar-refractivity contribution < 1.29 is 0 Å². The average molecular weight is 310 g/mol. The van der Waals surface area contributed by atoms with Crippen molar-refractivity contribution in [2.45, 2.75) is 9.96 Å². The standard InChI is InChI=1S/C18H14OS2/c19-16-11-17(15-9-5-2-6-10-15)21-18(12-16)20-13-14-7-3-1-4-8-14/h1-12H,13H2. The molecule has 1 heterocycles. The Morgan fingerprint density at radius 1 is 0.857 bits per heavy atom. The van der Waals surface area contributed by atoms with Gasteiger partial charge in [0, 0.05) is 22.8 Å². The molecule has 0 aliphatic heterocycles. The number of benzene rings is 2. The van der Waals surface area contributed by atoms with Gasteiger partial charge in [0.15, 0.2) is 5.43 Å². The van der Waals surface area contributed by atoms with Gasteiger partial charge in [0.05, 0.1) is 4.21 Å². The van der Waals surface area contributed by atoms with Crippen molar-refractivity contribution in [3.05, 3.63) is 88.6 Å². The summed E-state index contributed by atoms with van der Waals surface area (Å²) in [6.45, 7) is 0. The summed E-state index contributed by atoms with van der Waals surface area (Å²) in [7, 11) is 0. The van der Waals surface area contributed by atoms with Crippen LogP contribution in [-0.4, -0.2) is 0 Å². The van der Waals surface area contributed by atoms with Crippen LogP contribution in [0.5, 0.6) is 0 Å². The summed E-state index contributed by atoms with van der Waals surface area (Å²) < 4.78 is 1.06. The zero-order valence-corrected chi connectivity index (χ0v) is 13.0. The Kier molecular flexibility index (Phi) is 4.53. The van der Waals surface area contributed by atoms with Gasteiger partial charge in [-0.25, -0.2) is 0 Å². The zero-order chi connectivity index (χ0) is 14.5. The zero-order valence-electron chi connectivity index (χ0n) is 11.4. The summed E-state index contributed by atoms with van der Waals surface area (Å²) in [4.78, 5) is 12.9. The van der Waals surface area contributed by atoms with Gasteiger partial charge in [-0.15, -0.1) is 23.1 Å². The molecule has 3 heteroatoms. The lowest BCUT2D eigenvalue weighted by Gasteiger charge is -2.04. The smallest absolute Gasteiger partial charge is 0.182 e. The quantitative estimate of drug-likeness (QED) is 0.626. The summed E-state index contributed by atoms with van der Waals surface area (Å²) in [5.74, 6) is 0.884. The molecule has 0 bridgehead atoms. The highest BCUT2D eigenvalue weighted by atomic mass is 32.2. The molecule has 0 saturated heterocycles. The van der Waals surface area contributed by atoms with Gasteiger partial charge in [0.25, 0.3) is 0 Å². The summed E-state index contributed by atoms with van der Waals surface area (Å²) in [6.07, 6.45) is 0. The first-order valence-corrected chi connectivity index (χ1v) is 8.49. The minimum absolute atomic E-state index is 0.0724. The van der Waals surface area contributed by atoms with Gasteiger partial charge < -0.3 is 0 Å². The molecule has 0 N–H and O–H groups in total. The van der Waals surface area contributed by atoms with E-state index in [4.69, 9.17) is 0 Å². The van der Waals surface area contributed by atoms with Crippen LogP contribution in [0.1, 0.15) is 5.56 Å². The van der Waals surface area contributed by atoms with Crippen LogP contribution in [-0.2, 0) is 5.75 Å². The Labute approximate surface area is 132 Å². The molecule has 3 rings (SSSR count). The Morgan fingerprint density at radius 2 is 1.52 bits per heavy atom. The molecule has 1 nitrogen and oxygen atoms in total. The van der Waals surface area contributed by atoms with Gasteiger partial charge in [-0.1, -0.05) is 60.7 Å². The molecule has 0 aliphatic carbocycles. The second kappa shape index (κ2) is 6.74. The van der Waals surface area contributed by atoms with E-state index in [0.717, 1.165) is 20.4 Å². The molecule has 1 aromatic heterocycles. The maximum absolute atomic E-state index is 11.9. The normalized spacial score (nSPS) is 10.5. The van der Waals surface area contributed by atoms with Crippen molar-refractivity contribution in [2.24, 2.45) is 0 Å². The van der Waals surface area contributed by atoms with E-state index in [-0.39, 0.29) is 5.43 Å². The molecule has 0 saturated carbocycles. The molecular formula is C18H14OS2. The lowest BCUT2D eigenvalue weighted by Crippen LogP contribution is -1.96. The second-order valence-electron chi connectivity index (χ2n) is 4.62. The number of rotatable bonds is 4. The van der Waals surface area contributed by atoms with E-state index in [0.29, 0.717) is 0 Å². The highest BCUT2D eigenvalue weighted by molar-refractivity contribution is 8.00. The molecule has 0 spiro atoms. The third-order valence-corrected chi connectivity index (χ3v) is 5.40. The fourth-order valence-corrected chi connectivity index (χ4v) is 4.20. The summed E-state index contributed by atoms with van der Waals surface area (Å²) >= 11 is 3.39. The van der Waals surface area contributed by atoms with Gasteiger partial charge in [0.2, 0.25) is 0 Å². The van der Waals surface area contributed by atoms with E-state index >= 15 is 0 Å². The first kappa shape index (κ1) is 14.1. The van der Waals surface area contributed by atoms with Gasteiger partial charge in [-0.3, -0.25) is 4.79 Å². The van der Waals surface area contributed by atoms with Crippen LogP contribution in [0, 0.1) is 0 Å². The van der Waals surface area contributed by atoms with E-state index in [1.54, 1.807) is 35.2 Å². The maximum atomic E-state index is 11.9. The third kappa shape index (κ3) is 3.84. The van der Waals surface area contributed by atoms with E-state index in [2.05, 4.69) is 12.1 Å². The maximum Gasteiger partial charge on any atom is 0.182 e.